The first kappa shape index (κ1) is 16.7. The van der Waals surface area contributed by atoms with Crippen LogP contribution in [0.5, 0.6) is 0 Å². The molecule has 1 aromatic heterocycles. The van der Waals surface area contributed by atoms with Crippen LogP contribution in [0.1, 0.15) is 30.6 Å². The average molecular weight is 332 g/mol. The van der Waals surface area contributed by atoms with Crippen LogP contribution in [0.2, 0.25) is 4.34 Å². The molecular weight excluding hydrogens is 310 g/mol. The highest BCUT2D eigenvalue weighted by atomic mass is 35.5. The minimum absolute atomic E-state index is 0.171. The number of aliphatic hydroxyl groups excluding tert-OH is 1. The lowest BCUT2D eigenvalue weighted by atomic mass is 10.1. The zero-order valence-electron chi connectivity index (χ0n) is 12.1. The predicted molar refractivity (Wildman–Crippen MR) is 84.9 cm³/mol. The van der Waals surface area contributed by atoms with Gasteiger partial charge in [-0.05, 0) is 37.8 Å². The van der Waals surface area contributed by atoms with Crippen molar-refractivity contribution >= 4 is 28.8 Å². The van der Waals surface area contributed by atoms with Gasteiger partial charge in [-0.2, -0.15) is 0 Å². The molecule has 6 heteroatoms. The Kier molecular flexibility index (Phi) is 6.96. The van der Waals surface area contributed by atoms with Crippen molar-refractivity contribution in [1.29, 1.82) is 0 Å². The number of piperidine rings is 1. The Labute approximate surface area is 134 Å². The Morgan fingerprint density at radius 1 is 1.43 bits per heavy atom. The van der Waals surface area contributed by atoms with Crippen LogP contribution in [0, 0.1) is 0 Å². The van der Waals surface area contributed by atoms with E-state index in [2.05, 4.69) is 0 Å². The van der Waals surface area contributed by atoms with Crippen molar-refractivity contribution in [1.82, 2.24) is 4.90 Å². The summed E-state index contributed by atoms with van der Waals surface area (Å²) in [5.41, 5.74) is 0. The molecule has 1 aromatic rings. The first-order valence-corrected chi connectivity index (χ1v) is 8.63. The molecule has 1 N–H and O–H groups in total. The molecule has 0 unspecified atom stereocenters. The monoisotopic (exact) mass is 331 g/mol. The molecule has 0 aliphatic carbocycles. The second-order valence-corrected chi connectivity index (χ2v) is 7.03. The topological polar surface area (TPSA) is 49.8 Å². The molecule has 0 bridgehead atoms. The molecular formula is C15H22ClNO3S. The smallest absolute Gasteiger partial charge is 0.222 e. The van der Waals surface area contributed by atoms with Crippen molar-refractivity contribution in [3.05, 3.63) is 21.3 Å². The molecule has 1 aliphatic heterocycles. The van der Waals surface area contributed by atoms with Crippen LogP contribution in [0.4, 0.5) is 0 Å². The Hall–Kier alpha value is -0.620. The van der Waals surface area contributed by atoms with E-state index in [0.29, 0.717) is 19.4 Å². The van der Waals surface area contributed by atoms with E-state index in [1.54, 1.807) is 11.3 Å². The van der Waals surface area contributed by atoms with Crippen LogP contribution in [0.3, 0.4) is 0 Å². The first-order chi connectivity index (χ1) is 10.2. The molecule has 1 amide bonds. The van der Waals surface area contributed by atoms with Crippen LogP contribution < -0.4 is 0 Å². The van der Waals surface area contributed by atoms with Gasteiger partial charge >= 0.3 is 0 Å². The fourth-order valence-electron chi connectivity index (χ4n) is 2.46. The van der Waals surface area contributed by atoms with Crippen LogP contribution >= 0.6 is 22.9 Å². The van der Waals surface area contributed by atoms with E-state index >= 15 is 0 Å². The SMILES string of the molecule is O=C(CCc1ccc(Cl)s1)N1CCC(OCCCO)CC1. The number of carbonyl (C=O) groups is 1. The van der Waals surface area contributed by atoms with Crippen molar-refractivity contribution in [2.75, 3.05) is 26.3 Å². The highest BCUT2D eigenvalue weighted by Gasteiger charge is 2.22. The maximum atomic E-state index is 12.2. The number of aliphatic hydroxyl groups is 1. The molecule has 1 fully saturated rings. The normalized spacial score (nSPS) is 16.4. The predicted octanol–water partition coefficient (Wildman–Crippen LogP) is 2.72. The minimum atomic E-state index is 0.171. The van der Waals surface area contributed by atoms with Crippen LogP contribution in [0.25, 0.3) is 0 Å². The maximum Gasteiger partial charge on any atom is 0.222 e. The van der Waals surface area contributed by atoms with Crippen molar-refractivity contribution in [2.24, 2.45) is 0 Å². The van der Waals surface area contributed by atoms with Gasteiger partial charge in [0.25, 0.3) is 0 Å². The van der Waals surface area contributed by atoms with Crippen molar-refractivity contribution in [2.45, 2.75) is 38.2 Å². The Balaban J connectivity index is 1.65. The van der Waals surface area contributed by atoms with Gasteiger partial charge in [0.05, 0.1) is 10.4 Å². The molecule has 1 saturated heterocycles. The van der Waals surface area contributed by atoms with Crippen molar-refractivity contribution < 1.29 is 14.6 Å². The zero-order chi connectivity index (χ0) is 15.1. The molecule has 21 heavy (non-hydrogen) atoms. The summed E-state index contributed by atoms with van der Waals surface area (Å²) in [5, 5.41) is 8.72. The summed E-state index contributed by atoms with van der Waals surface area (Å²) >= 11 is 7.43. The van der Waals surface area contributed by atoms with Crippen LogP contribution in [-0.2, 0) is 16.0 Å². The van der Waals surface area contributed by atoms with E-state index in [-0.39, 0.29) is 18.6 Å². The summed E-state index contributed by atoms with van der Waals surface area (Å²) in [6.07, 6.45) is 4.01. The summed E-state index contributed by atoms with van der Waals surface area (Å²) in [6.45, 7) is 2.32. The number of thiophene rings is 1. The molecule has 0 aromatic carbocycles. The van der Waals surface area contributed by atoms with E-state index in [1.165, 1.54) is 0 Å². The van der Waals surface area contributed by atoms with E-state index in [1.807, 2.05) is 17.0 Å². The largest absolute Gasteiger partial charge is 0.396 e. The molecule has 0 atom stereocenters. The molecule has 2 heterocycles. The van der Waals surface area contributed by atoms with E-state index in [4.69, 9.17) is 21.4 Å². The second-order valence-electron chi connectivity index (χ2n) is 5.23. The first-order valence-electron chi connectivity index (χ1n) is 7.43. The highest BCUT2D eigenvalue weighted by molar-refractivity contribution is 7.16. The highest BCUT2D eigenvalue weighted by Crippen LogP contribution is 2.23. The number of aryl methyl sites for hydroxylation is 1. The summed E-state index contributed by atoms with van der Waals surface area (Å²) in [6, 6.07) is 3.86. The molecule has 1 aliphatic rings. The number of likely N-dealkylation sites (tertiary alicyclic amines) is 1. The second kappa shape index (κ2) is 8.73. The number of halogens is 1. The van der Waals surface area contributed by atoms with Gasteiger partial charge in [0.2, 0.25) is 5.91 Å². The van der Waals surface area contributed by atoms with Gasteiger partial charge in [0, 0.05) is 37.6 Å². The lowest BCUT2D eigenvalue weighted by molar-refractivity contribution is -0.133. The maximum absolute atomic E-state index is 12.2. The molecule has 0 radical (unpaired) electrons. The summed E-state index contributed by atoms with van der Waals surface area (Å²) in [7, 11) is 0. The van der Waals surface area contributed by atoms with Gasteiger partial charge in [-0.3, -0.25) is 4.79 Å². The van der Waals surface area contributed by atoms with Gasteiger partial charge in [-0.25, -0.2) is 0 Å². The summed E-state index contributed by atoms with van der Waals surface area (Å²) in [5.74, 6) is 0.216. The third-order valence-electron chi connectivity index (χ3n) is 3.66. The third kappa shape index (κ3) is 5.58. The van der Waals surface area contributed by atoms with E-state index in [0.717, 1.165) is 41.6 Å². The van der Waals surface area contributed by atoms with Crippen LogP contribution in [-0.4, -0.2) is 48.3 Å². The zero-order valence-corrected chi connectivity index (χ0v) is 13.7. The molecule has 4 nitrogen and oxygen atoms in total. The summed E-state index contributed by atoms with van der Waals surface area (Å²) in [4.78, 5) is 15.3. The molecule has 118 valence electrons. The van der Waals surface area contributed by atoms with E-state index < -0.39 is 0 Å². The number of hydrogen-bond acceptors (Lipinski definition) is 4. The van der Waals surface area contributed by atoms with Gasteiger partial charge in [0.15, 0.2) is 0 Å². The average Bonchev–Trinajstić information content (AvgIpc) is 2.91. The Bertz CT molecular complexity index is 444. The number of nitrogens with zero attached hydrogens (tertiary/aromatic N) is 1. The number of rotatable bonds is 7. The number of ether oxygens (including phenoxy) is 1. The van der Waals surface area contributed by atoms with Crippen molar-refractivity contribution in [3.63, 3.8) is 0 Å². The third-order valence-corrected chi connectivity index (χ3v) is 4.96. The number of hydrogen-bond donors (Lipinski definition) is 1. The molecule has 0 saturated carbocycles. The quantitative estimate of drug-likeness (QED) is 0.782. The Morgan fingerprint density at radius 2 is 2.19 bits per heavy atom. The Morgan fingerprint density at radius 3 is 2.81 bits per heavy atom. The fourth-order valence-corrected chi connectivity index (χ4v) is 3.55. The van der Waals surface area contributed by atoms with Gasteiger partial charge in [0.1, 0.15) is 0 Å². The van der Waals surface area contributed by atoms with Crippen LogP contribution in [0.15, 0.2) is 12.1 Å². The lowest BCUT2D eigenvalue weighted by Crippen LogP contribution is -2.41. The molecule has 2 rings (SSSR count). The molecule has 0 spiro atoms. The van der Waals surface area contributed by atoms with Gasteiger partial charge in [-0.15, -0.1) is 11.3 Å². The summed E-state index contributed by atoms with van der Waals surface area (Å²) < 4.78 is 6.45. The minimum Gasteiger partial charge on any atom is -0.396 e. The number of carbonyl (C=O) groups excluding carboxylic acids is 1. The van der Waals surface area contributed by atoms with E-state index in [9.17, 15) is 4.79 Å². The fraction of sp³-hybridized carbons (Fsp3) is 0.667. The van der Waals surface area contributed by atoms with Crippen molar-refractivity contribution in [3.8, 4) is 0 Å². The lowest BCUT2D eigenvalue weighted by Gasteiger charge is -2.32. The van der Waals surface area contributed by atoms with Gasteiger partial charge in [-0.1, -0.05) is 11.6 Å². The standard InChI is InChI=1S/C15H22ClNO3S/c16-14-4-2-13(21-14)3-5-15(19)17-8-6-12(7-9-17)20-11-1-10-18/h2,4,12,18H,1,3,5-11H2. The van der Waals surface area contributed by atoms with Gasteiger partial charge < -0.3 is 14.7 Å². The number of amides is 1.